The van der Waals surface area contributed by atoms with Gasteiger partial charge in [-0.25, -0.2) is 13.2 Å². The van der Waals surface area contributed by atoms with Crippen molar-refractivity contribution in [3.05, 3.63) is 53.6 Å². The molecular weight excluding hydrogens is 320 g/mol. The molecule has 6 nitrogen and oxygen atoms in total. The van der Waals surface area contributed by atoms with E-state index in [1.165, 1.54) is 24.3 Å². The largest absolute Gasteiger partial charge is 0.507 e. The summed E-state index contributed by atoms with van der Waals surface area (Å²) in [6, 6.07) is 10.2. The Labute approximate surface area is 133 Å². The van der Waals surface area contributed by atoms with E-state index in [1.807, 2.05) is 6.92 Å². The van der Waals surface area contributed by atoms with Gasteiger partial charge in [0.15, 0.2) is 9.84 Å². The second kappa shape index (κ2) is 6.70. The summed E-state index contributed by atoms with van der Waals surface area (Å²) in [7, 11) is -3.46. The maximum Gasteiger partial charge on any atom is 0.339 e. The second-order valence-corrected chi connectivity index (χ2v) is 7.07. The van der Waals surface area contributed by atoms with Crippen LogP contribution in [-0.4, -0.2) is 37.0 Å². The van der Waals surface area contributed by atoms with Crippen LogP contribution in [0.15, 0.2) is 47.4 Å². The van der Waals surface area contributed by atoms with Gasteiger partial charge in [-0.1, -0.05) is 17.7 Å². The third-order valence-electron chi connectivity index (χ3n) is 3.20. The quantitative estimate of drug-likeness (QED) is 0.839. The monoisotopic (exact) mass is 336 g/mol. The molecule has 0 unspecified atom stereocenters. The van der Waals surface area contributed by atoms with E-state index in [1.54, 1.807) is 12.1 Å². The molecule has 2 aromatic carbocycles. The smallest absolute Gasteiger partial charge is 0.339 e. The maximum atomic E-state index is 12.1. The van der Waals surface area contributed by atoms with Crippen LogP contribution >= 0.6 is 0 Å². The molecular formula is C16H16O6S. The van der Waals surface area contributed by atoms with Crippen LogP contribution < -0.4 is 4.74 Å². The number of benzene rings is 2. The molecule has 0 radical (unpaired) electrons. The molecule has 2 aromatic rings. The summed E-state index contributed by atoms with van der Waals surface area (Å²) in [4.78, 5) is 11.0. The van der Waals surface area contributed by atoms with E-state index in [0.717, 1.165) is 11.6 Å². The molecule has 0 saturated carbocycles. The predicted molar refractivity (Wildman–Crippen MR) is 83.8 cm³/mol. The summed E-state index contributed by atoms with van der Waals surface area (Å²) in [5, 5.41) is 18.4. The number of carboxylic acids is 1. The van der Waals surface area contributed by atoms with E-state index < -0.39 is 21.6 Å². The van der Waals surface area contributed by atoms with Gasteiger partial charge in [0, 0.05) is 6.07 Å². The maximum absolute atomic E-state index is 12.1. The van der Waals surface area contributed by atoms with Crippen molar-refractivity contribution >= 4 is 15.8 Å². The number of sulfone groups is 1. The Hall–Kier alpha value is -2.54. The molecule has 0 aliphatic heterocycles. The van der Waals surface area contributed by atoms with Crippen molar-refractivity contribution in [3.63, 3.8) is 0 Å². The minimum absolute atomic E-state index is 0.109. The van der Waals surface area contributed by atoms with Crippen LogP contribution in [0.25, 0.3) is 0 Å². The van der Waals surface area contributed by atoms with Gasteiger partial charge in [-0.15, -0.1) is 0 Å². The highest BCUT2D eigenvalue weighted by molar-refractivity contribution is 7.91. The Morgan fingerprint density at radius 3 is 2.35 bits per heavy atom. The first-order valence-electron chi connectivity index (χ1n) is 6.78. The van der Waals surface area contributed by atoms with Gasteiger partial charge in [-0.05, 0) is 31.2 Å². The lowest BCUT2D eigenvalue weighted by molar-refractivity contribution is 0.0693. The molecule has 7 heteroatoms. The van der Waals surface area contributed by atoms with Gasteiger partial charge < -0.3 is 14.9 Å². The van der Waals surface area contributed by atoms with Gasteiger partial charge in [0.25, 0.3) is 0 Å². The number of hydrogen-bond donors (Lipinski definition) is 2. The summed E-state index contributed by atoms with van der Waals surface area (Å²) in [5.41, 5.74) is 0.721. The van der Waals surface area contributed by atoms with Crippen LogP contribution in [-0.2, 0) is 9.84 Å². The lowest BCUT2D eigenvalue weighted by Gasteiger charge is -2.09. The lowest BCUT2D eigenvalue weighted by Crippen LogP contribution is -2.14. The molecule has 0 bridgehead atoms. The Kier molecular flexibility index (Phi) is 4.90. The molecule has 0 heterocycles. The fraction of sp³-hybridized carbons (Fsp3) is 0.188. The second-order valence-electron chi connectivity index (χ2n) is 4.96. The van der Waals surface area contributed by atoms with Gasteiger partial charge in [-0.2, -0.15) is 0 Å². The number of aryl methyl sites for hydroxylation is 1. The lowest BCUT2D eigenvalue weighted by atomic mass is 10.2. The number of phenols is 1. The van der Waals surface area contributed by atoms with Crippen LogP contribution in [0.2, 0.25) is 0 Å². The van der Waals surface area contributed by atoms with Crippen LogP contribution in [0.4, 0.5) is 0 Å². The molecule has 0 atom stereocenters. The van der Waals surface area contributed by atoms with Crippen LogP contribution in [0, 0.1) is 6.92 Å². The van der Waals surface area contributed by atoms with Crippen molar-refractivity contribution in [1.82, 2.24) is 0 Å². The molecule has 0 aliphatic rings. The topological polar surface area (TPSA) is 101 Å². The van der Waals surface area contributed by atoms with Crippen molar-refractivity contribution in [1.29, 1.82) is 0 Å². The fourth-order valence-electron chi connectivity index (χ4n) is 1.91. The van der Waals surface area contributed by atoms with E-state index >= 15 is 0 Å². The van der Waals surface area contributed by atoms with E-state index in [4.69, 9.17) is 9.84 Å². The first-order chi connectivity index (χ1) is 10.8. The minimum atomic E-state index is -3.46. The summed E-state index contributed by atoms with van der Waals surface area (Å²) in [5.74, 6) is -1.71. The molecule has 0 fully saturated rings. The van der Waals surface area contributed by atoms with E-state index in [-0.39, 0.29) is 28.6 Å². The third kappa shape index (κ3) is 4.23. The van der Waals surface area contributed by atoms with E-state index in [2.05, 4.69) is 0 Å². The molecule has 0 aliphatic carbocycles. The van der Waals surface area contributed by atoms with Crippen molar-refractivity contribution in [2.24, 2.45) is 0 Å². The van der Waals surface area contributed by atoms with E-state index in [9.17, 15) is 18.3 Å². The molecule has 2 N–H and O–H groups in total. The molecule has 122 valence electrons. The zero-order valence-electron chi connectivity index (χ0n) is 12.4. The van der Waals surface area contributed by atoms with Gasteiger partial charge in [0.2, 0.25) is 0 Å². The van der Waals surface area contributed by atoms with Crippen molar-refractivity contribution in [3.8, 4) is 11.5 Å². The number of aromatic carboxylic acids is 1. The zero-order chi connectivity index (χ0) is 17.0. The first kappa shape index (κ1) is 16.8. The number of carboxylic acid groups (broad SMARTS) is 1. The zero-order valence-corrected chi connectivity index (χ0v) is 13.2. The van der Waals surface area contributed by atoms with Gasteiger partial charge in [-0.3, -0.25) is 0 Å². The third-order valence-corrected chi connectivity index (χ3v) is 4.90. The standard InChI is InChI=1S/C16H16O6S/c1-11-2-5-13(6-3-11)23(20,21)9-8-22-12-4-7-14(16(18)19)15(17)10-12/h2-7,10,17H,8-9H2,1H3,(H,18,19). The van der Waals surface area contributed by atoms with Gasteiger partial charge >= 0.3 is 5.97 Å². The average molecular weight is 336 g/mol. The summed E-state index contributed by atoms with van der Waals surface area (Å²) in [6.07, 6.45) is 0. The number of aromatic hydroxyl groups is 1. The molecule has 0 spiro atoms. The number of ether oxygens (including phenoxy) is 1. The van der Waals surface area contributed by atoms with Crippen molar-refractivity contribution < 1.29 is 28.2 Å². The average Bonchev–Trinajstić information content (AvgIpc) is 2.47. The number of hydrogen-bond acceptors (Lipinski definition) is 5. The Bertz CT molecular complexity index is 809. The Morgan fingerprint density at radius 1 is 1.13 bits per heavy atom. The predicted octanol–water partition coefficient (Wildman–Crippen LogP) is 2.25. The first-order valence-corrected chi connectivity index (χ1v) is 8.43. The van der Waals surface area contributed by atoms with Crippen molar-refractivity contribution in [2.45, 2.75) is 11.8 Å². The number of carbonyl (C=O) groups is 1. The summed E-state index contributed by atoms with van der Waals surface area (Å²) in [6.45, 7) is 1.76. The fourth-order valence-corrected chi connectivity index (χ4v) is 3.00. The molecule has 0 aromatic heterocycles. The molecule has 2 rings (SSSR count). The molecule has 23 heavy (non-hydrogen) atoms. The van der Waals surface area contributed by atoms with Crippen LogP contribution in [0.3, 0.4) is 0 Å². The van der Waals surface area contributed by atoms with Crippen LogP contribution in [0.5, 0.6) is 11.5 Å². The minimum Gasteiger partial charge on any atom is -0.507 e. The van der Waals surface area contributed by atoms with Crippen LogP contribution in [0.1, 0.15) is 15.9 Å². The normalized spacial score (nSPS) is 11.2. The molecule has 0 saturated heterocycles. The molecule has 0 amide bonds. The Morgan fingerprint density at radius 2 is 1.78 bits per heavy atom. The van der Waals surface area contributed by atoms with E-state index in [0.29, 0.717) is 0 Å². The van der Waals surface area contributed by atoms with Gasteiger partial charge in [0.1, 0.15) is 23.7 Å². The SMILES string of the molecule is Cc1ccc(S(=O)(=O)CCOc2ccc(C(=O)O)c(O)c2)cc1. The highest BCUT2D eigenvalue weighted by Crippen LogP contribution is 2.23. The Balaban J connectivity index is 2.00. The number of rotatable bonds is 6. The summed E-state index contributed by atoms with van der Waals surface area (Å²) >= 11 is 0. The van der Waals surface area contributed by atoms with Crippen molar-refractivity contribution in [2.75, 3.05) is 12.4 Å². The summed E-state index contributed by atoms with van der Waals surface area (Å²) < 4.78 is 29.5. The highest BCUT2D eigenvalue weighted by Gasteiger charge is 2.15. The van der Waals surface area contributed by atoms with Gasteiger partial charge in [0.05, 0.1) is 10.6 Å². The highest BCUT2D eigenvalue weighted by atomic mass is 32.2.